The highest BCUT2D eigenvalue weighted by molar-refractivity contribution is 5.76. The molecule has 1 unspecified atom stereocenters. The van der Waals surface area contributed by atoms with Gasteiger partial charge >= 0.3 is 0 Å². The van der Waals surface area contributed by atoms with Crippen molar-refractivity contribution >= 4 is 5.91 Å². The smallest absolute Gasteiger partial charge is 0.231 e. The lowest BCUT2D eigenvalue weighted by molar-refractivity contribution is -0.122. The van der Waals surface area contributed by atoms with Gasteiger partial charge in [-0.2, -0.15) is 0 Å². The van der Waals surface area contributed by atoms with E-state index in [1.54, 1.807) is 0 Å². The highest BCUT2D eigenvalue weighted by Gasteiger charge is 2.21. The Morgan fingerprint density at radius 3 is 2.79 bits per heavy atom. The van der Waals surface area contributed by atoms with E-state index >= 15 is 0 Å². The second kappa shape index (κ2) is 9.11. The molecule has 0 bridgehead atoms. The first-order valence-electron chi connectivity index (χ1n) is 10.2. The predicted molar refractivity (Wildman–Crippen MR) is 109 cm³/mol. The molecule has 2 aromatic carbocycles. The van der Waals surface area contributed by atoms with Crippen LogP contribution in [-0.2, 0) is 17.6 Å². The molecule has 2 aromatic rings. The molecule has 0 saturated carbocycles. The Balaban J connectivity index is 1.20. The quantitative estimate of drug-likeness (QED) is 0.802. The van der Waals surface area contributed by atoms with Crippen molar-refractivity contribution in [2.24, 2.45) is 0 Å². The van der Waals surface area contributed by atoms with E-state index in [-0.39, 0.29) is 18.7 Å². The van der Waals surface area contributed by atoms with Gasteiger partial charge in [0.15, 0.2) is 11.5 Å². The summed E-state index contributed by atoms with van der Waals surface area (Å²) in [6.45, 7) is 3.40. The van der Waals surface area contributed by atoms with Crippen molar-refractivity contribution < 1.29 is 14.3 Å². The van der Waals surface area contributed by atoms with E-state index in [9.17, 15) is 4.79 Å². The summed E-state index contributed by atoms with van der Waals surface area (Å²) in [5, 5.41) is 3.23. The van der Waals surface area contributed by atoms with E-state index < -0.39 is 0 Å². The Labute approximate surface area is 166 Å². The van der Waals surface area contributed by atoms with Gasteiger partial charge in [-0.15, -0.1) is 0 Å². The second-order valence-corrected chi connectivity index (χ2v) is 7.63. The third kappa shape index (κ3) is 5.04. The van der Waals surface area contributed by atoms with E-state index in [1.165, 1.54) is 5.56 Å². The number of hydrogen-bond acceptors (Lipinski definition) is 4. The average Bonchev–Trinajstić information content (AvgIpc) is 3.20. The summed E-state index contributed by atoms with van der Waals surface area (Å²) in [5.41, 5.74) is 2.48. The highest BCUT2D eigenvalue weighted by atomic mass is 16.7. The largest absolute Gasteiger partial charge is 0.454 e. The van der Waals surface area contributed by atoms with Crippen LogP contribution in [0, 0.1) is 0 Å². The standard InChI is InChI=1S/C23H28N2O3/c26-23(11-9-19-8-10-21-22(15-19)28-17-27-21)24-20-7-4-13-25(16-20)14-12-18-5-2-1-3-6-18/h1-3,5-6,8,10,15,20H,4,7,9,11-14,16-17H2,(H,24,26). The molecule has 5 heteroatoms. The molecule has 0 aliphatic carbocycles. The molecule has 2 heterocycles. The van der Waals surface area contributed by atoms with Crippen LogP contribution < -0.4 is 14.8 Å². The lowest BCUT2D eigenvalue weighted by Crippen LogP contribution is -2.48. The monoisotopic (exact) mass is 380 g/mol. The molecule has 1 saturated heterocycles. The van der Waals surface area contributed by atoms with Crippen LogP contribution in [0.3, 0.4) is 0 Å². The van der Waals surface area contributed by atoms with E-state index in [4.69, 9.17) is 9.47 Å². The fourth-order valence-corrected chi connectivity index (χ4v) is 3.96. The summed E-state index contributed by atoms with van der Waals surface area (Å²) in [7, 11) is 0. The van der Waals surface area contributed by atoms with Crippen molar-refractivity contribution in [3.05, 3.63) is 59.7 Å². The van der Waals surface area contributed by atoms with Crippen LogP contribution in [-0.4, -0.2) is 43.3 Å². The summed E-state index contributed by atoms with van der Waals surface area (Å²) in [6.07, 6.45) is 4.48. The van der Waals surface area contributed by atoms with Gasteiger partial charge in [0, 0.05) is 25.6 Å². The van der Waals surface area contributed by atoms with Gasteiger partial charge < -0.3 is 19.7 Å². The molecule has 1 atom stereocenters. The molecule has 1 N–H and O–H groups in total. The molecule has 0 radical (unpaired) electrons. The Morgan fingerprint density at radius 1 is 1.04 bits per heavy atom. The summed E-state index contributed by atoms with van der Waals surface area (Å²) >= 11 is 0. The number of aryl methyl sites for hydroxylation is 1. The van der Waals surface area contributed by atoms with Crippen LogP contribution >= 0.6 is 0 Å². The van der Waals surface area contributed by atoms with Gasteiger partial charge in [-0.3, -0.25) is 4.79 Å². The lowest BCUT2D eigenvalue weighted by atomic mass is 10.0. The minimum atomic E-state index is 0.132. The van der Waals surface area contributed by atoms with Crippen LogP contribution in [0.5, 0.6) is 11.5 Å². The maximum Gasteiger partial charge on any atom is 0.231 e. The first kappa shape index (κ1) is 18.8. The molecule has 0 aromatic heterocycles. The van der Waals surface area contributed by atoms with Crippen molar-refractivity contribution in [2.45, 2.75) is 38.1 Å². The van der Waals surface area contributed by atoms with Crippen molar-refractivity contribution in [2.75, 3.05) is 26.4 Å². The van der Waals surface area contributed by atoms with E-state index in [1.807, 2.05) is 18.2 Å². The number of rotatable bonds is 7. The number of hydrogen-bond donors (Lipinski definition) is 1. The number of amides is 1. The van der Waals surface area contributed by atoms with Crippen molar-refractivity contribution in [3.63, 3.8) is 0 Å². The molecule has 5 nitrogen and oxygen atoms in total. The normalized spacial score (nSPS) is 18.8. The molecular formula is C23H28N2O3. The van der Waals surface area contributed by atoms with Gasteiger partial charge in [0.1, 0.15) is 0 Å². The highest BCUT2D eigenvalue weighted by Crippen LogP contribution is 2.32. The zero-order chi connectivity index (χ0) is 19.2. The van der Waals surface area contributed by atoms with E-state index in [0.29, 0.717) is 12.8 Å². The van der Waals surface area contributed by atoms with Crippen LogP contribution in [0.25, 0.3) is 0 Å². The number of nitrogens with one attached hydrogen (secondary N) is 1. The minimum absolute atomic E-state index is 0.132. The molecule has 1 amide bonds. The summed E-state index contributed by atoms with van der Waals surface area (Å²) in [5.74, 6) is 1.69. The van der Waals surface area contributed by atoms with Gasteiger partial charge in [-0.25, -0.2) is 0 Å². The fraction of sp³-hybridized carbons (Fsp3) is 0.435. The first-order chi connectivity index (χ1) is 13.8. The number of carbonyl (C=O) groups is 1. The summed E-state index contributed by atoms with van der Waals surface area (Å²) in [6, 6.07) is 16.8. The Morgan fingerprint density at radius 2 is 1.89 bits per heavy atom. The number of fused-ring (bicyclic) bond motifs is 1. The molecule has 4 rings (SSSR count). The summed E-state index contributed by atoms with van der Waals surface area (Å²) < 4.78 is 10.7. The molecule has 0 spiro atoms. The van der Waals surface area contributed by atoms with Crippen LogP contribution in [0.15, 0.2) is 48.5 Å². The maximum absolute atomic E-state index is 12.4. The Bertz CT molecular complexity index is 794. The maximum atomic E-state index is 12.4. The number of ether oxygens (including phenoxy) is 2. The number of carbonyl (C=O) groups excluding carboxylic acids is 1. The molecule has 28 heavy (non-hydrogen) atoms. The van der Waals surface area contributed by atoms with Crippen LogP contribution in [0.1, 0.15) is 30.4 Å². The molecule has 148 valence electrons. The number of likely N-dealkylation sites (tertiary alicyclic amines) is 1. The third-order valence-corrected chi connectivity index (χ3v) is 5.51. The summed E-state index contributed by atoms with van der Waals surface area (Å²) in [4.78, 5) is 14.9. The zero-order valence-corrected chi connectivity index (χ0v) is 16.2. The Kier molecular flexibility index (Phi) is 6.12. The predicted octanol–water partition coefficient (Wildman–Crippen LogP) is 3.17. The van der Waals surface area contributed by atoms with Crippen molar-refractivity contribution in [1.82, 2.24) is 10.2 Å². The third-order valence-electron chi connectivity index (χ3n) is 5.51. The van der Waals surface area contributed by atoms with Crippen molar-refractivity contribution in [1.29, 1.82) is 0 Å². The number of piperidine rings is 1. The van der Waals surface area contributed by atoms with Gasteiger partial charge in [0.25, 0.3) is 0 Å². The van der Waals surface area contributed by atoms with E-state index in [0.717, 1.165) is 56.0 Å². The second-order valence-electron chi connectivity index (χ2n) is 7.63. The lowest BCUT2D eigenvalue weighted by Gasteiger charge is -2.33. The Hall–Kier alpha value is -2.53. The van der Waals surface area contributed by atoms with Crippen LogP contribution in [0.4, 0.5) is 0 Å². The SMILES string of the molecule is O=C(CCc1ccc2c(c1)OCO2)NC1CCCN(CCc2ccccc2)C1. The van der Waals surface area contributed by atoms with Gasteiger partial charge in [-0.1, -0.05) is 36.4 Å². The van der Waals surface area contributed by atoms with Gasteiger partial charge in [-0.05, 0) is 55.5 Å². The van der Waals surface area contributed by atoms with E-state index in [2.05, 4.69) is 40.5 Å². The molecule has 2 aliphatic rings. The topological polar surface area (TPSA) is 50.8 Å². The number of nitrogens with zero attached hydrogens (tertiary/aromatic N) is 1. The molecule has 2 aliphatic heterocycles. The number of benzene rings is 2. The van der Waals surface area contributed by atoms with Gasteiger partial charge in [0.2, 0.25) is 12.7 Å². The van der Waals surface area contributed by atoms with Crippen molar-refractivity contribution in [3.8, 4) is 11.5 Å². The first-order valence-corrected chi connectivity index (χ1v) is 10.2. The fourth-order valence-electron chi connectivity index (χ4n) is 3.96. The minimum Gasteiger partial charge on any atom is -0.454 e. The molecule has 1 fully saturated rings. The average molecular weight is 380 g/mol. The van der Waals surface area contributed by atoms with Gasteiger partial charge in [0.05, 0.1) is 0 Å². The zero-order valence-electron chi connectivity index (χ0n) is 16.2. The van der Waals surface area contributed by atoms with Crippen LogP contribution in [0.2, 0.25) is 0 Å². The molecular weight excluding hydrogens is 352 g/mol.